The van der Waals surface area contributed by atoms with Crippen LogP contribution in [0.4, 0.5) is 0 Å². The van der Waals surface area contributed by atoms with E-state index < -0.39 is 86.8 Å². The van der Waals surface area contributed by atoms with E-state index in [0.29, 0.717) is 12.8 Å². The summed E-state index contributed by atoms with van der Waals surface area (Å²) in [5, 5.41) is 86.5. The summed E-state index contributed by atoms with van der Waals surface area (Å²) in [4.78, 5) is 13.1. The molecule has 0 bridgehead atoms. The van der Waals surface area contributed by atoms with E-state index in [4.69, 9.17) is 18.9 Å². The van der Waals surface area contributed by atoms with Crippen LogP contribution in [0.3, 0.4) is 0 Å². The van der Waals surface area contributed by atoms with Crippen LogP contribution in [0.5, 0.6) is 0 Å². The highest BCUT2D eigenvalue weighted by molar-refractivity contribution is 5.76. The molecule has 2 rings (SSSR count). The molecule has 9 N–H and O–H groups in total. The van der Waals surface area contributed by atoms with Crippen molar-refractivity contribution in [3.05, 3.63) is 170 Å². The Morgan fingerprint density at radius 1 is 0.463 bits per heavy atom. The predicted molar refractivity (Wildman–Crippen MR) is 322 cm³/mol. The molecular weight excluding hydrogens is 1010 g/mol. The maximum absolute atomic E-state index is 13.1. The normalized spacial score (nSPS) is 25.5. The topological polar surface area (TPSA) is 228 Å². The summed E-state index contributed by atoms with van der Waals surface area (Å²) in [6.45, 7) is 2.46. The minimum absolute atomic E-state index is 0.205. The minimum Gasteiger partial charge on any atom is -0.394 e. The molecule has 0 aromatic heterocycles. The van der Waals surface area contributed by atoms with Crippen LogP contribution in [0.1, 0.15) is 142 Å². The third-order valence-corrected chi connectivity index (χ3v) is 12.9. The summed E-state index contributed by atoms with van der Waals surface area (Å²) in [5.41, 5.74) is 0. The van der Waals surface area contributed by atoms with Crippen LogP contribution in [0.2, 0.25) is 0 Å². The lowest BCUT2D eigenvalue weighted by Crippen LogP contribution is -2.65. The van der Waals surface area contributed by atoms with Crippen molar-refractivity contribution in [2.75, 3.05) is 19.8 Å². The standard InChI is InChI=1S/C66H101NO13/c1-3-5-7-9-11-12-13-14-15-16-17-18-19-20-21-22-23-24-25-26-27-28-29-30-31-32-33-34-35-36-37-38-39-40-41-42-44-46-48-50-58(71)67-54(55(70)49-47-45-43-10-8-6-4-2)53-77-65-63(76)61(74)64(57(52-69)79-65)80-66-62(75)60(73)59(72)56(51-68)78-66/h5,7-8,10-12,14-15,17-18,20-21,23-24,26-27,29-30,32-33,35-36,38-39,41-42,47,49,54-57,59-66,68-70,72-76H,3-4,6,9,13,16,19,22,25,28,31,34,37,40,43-46,48,50-53H2,1-2H3,(H,67,71)/b7-5-,10-8+,12-11-,15-14-,18-17-,21-20-,24-23-,27-26-,30-29-,33-32-,36-35-,39-38-,42-41-,49-47+. The first-order valence-corrected chi connectivity index (χ1v) is 29.4. The zero-order valence-corrected chi connectivity index (χ0v) is 48.0. The molecule has 2 heterocycles. The van der Waals surface area contributed by atoms with Gasteiger partial charge in [-0.2, -0.15) is 0 Å². The van der Waals surface area contributed by atoms with Gasteiger partial charge in [0, 0.05) is 6.42 Å². The van der Waals surface area contributed by atoms with Crippen LogP contribution in [-0.4, -0.2) is 140 Å². The molecule has 14 heteroatoms. The number of aliphatic hydroxyl groups is 8. The van der Waals surface area contributed by atoms with Gasteiger partial charge in [-0.15, -0.1) is 0 Å². The van der Waals surface area contributed by atoms with E-state index >= 15 is 0 Å². The Kier molecular flexibility index (Phi) is 43.8. The van der Waals surface area contributed by atoms with Crippen LogP contribution in [0.15, 0.2) is 170 Å². The highest BCUT2D eigenvalue weighted by atomic mass is 16.7. The number of amides is 1. The summed E-state index contributed by atoms with van der Waals surface area (Å²) in [5.74, 6) is -0.306. The fraction of sp³-hybridized carbons (Fsp3) is 0.561. The molecule has 0 spiro atoms. The Bertz CT molecular complexity index is 1990. The summed E-state index contributed by atoms with van der Waals surface area (Å²) in [6.07, 6.45) is 60.3. The second-order valence-corrected chi connectivity index (χ2v) is 19.7. The lowest BCUT2D eigenvalue weighted by atomic mass is 9.97. The molecule has 0 radical (unpaired) electrons. The Balaban J connectivity index is 1.64. The van der Waals surface area contributed by atoms with Gasteiger partial charge in [-0.1, -0.05) is 190 Å². The summed E-state index contributed by atoms with van der Waals surface area (Å²) in [6, 6.07) is -0.965. The van der Waals surface area contributed by atoms with Crippen molar-refractivity contribution in [2.45, 2.75) is 216 Å². The molecule has 2 aliphatic heterocycles. The van der Waals surface area contributed by atoms with Gasteiger partial charge in [-0.05, 0) is 116 Å². The largest absolute Gasteiger partial charge is 0.394 e. The van der Waals surface area contributed by atoms with Crippen LogP contribution >= 0.6 is 0 Å². The van der Waals surface area contributed by atoms with Crippen LogP contribution in [0, 0.1) is 0 Å². The Morgan fingerprint density at radius 2 is 0.863 bits per heavy atom. The monoisotopic (exact) mass is 1120 g/mol. The number of hydrogen-bond acceptors (Lipinski definition) is 13. The van der Waals surface area contributed by atoms with Crippen molar-refractivity contribution in [3.63, 3.8) is 0 Å². The second kappa shape index (κ2) is 49.0. The van der Waals surface area contributed by atoms with Crippen molar-refractivity contribution in [1.29, 1.82) is 0 Å². The zero-order chi connectivity index (χ0) is 58.1. The number of allylic oxidation sites excluding steroid dienone is 27. The van der Waals surface area contributed by atoms with Gasteiger partial charge in [-0.3, -0.25) is 4.79 Å². The van der Waals surface area contributed by atoms with E-state index in [1.165, 1.54) is 0 Å². The molecule has 0 aromatic carbocycles. The van der Waals surface area contributed by atoms with Crippen molar-refractivity contribution in [2.24, 2.45) is 0 Å². The summed E-state index contributed by atoms with van der Waals surface area (Å²) >= 11 is 0. The quantitative estimate of drug-likeness (QED) is 0.0205. The maximum atomic E-state index is 13.1. The van der Waals surface area contributed by atoms with E-state index in [-0.39, 0.29) is 18.9 Å². The smallest absolute Gasteiger partial charge is 0.220 e. The number of aliphatic hydroxyl groups excluding tert-OH is 8. The van der Waals surface area contributed by atoms with Crippen LogP contribution in [0.25, 0.3) is 0 Å². The van der Waals surface area contributed by atoms with Crippen molar-refractivity contribution < 1.29 is 64.6 Å². The van der Waals surface area contributed by atoms with Gasteiger partial charge in [0.05, 0.1) is 32.0 Å². The summed E-state index contributed by atoms with van der Waals surface area (Å²) < 4.78 is 22.6. The number of rotatable bonds is 43. The van der Waals surface area contributed by atoms with Gasteiger partial charge in [0.1, 0.15) is 48.8 Å². The molecule has 12 unspecified atom stereocenters. The molecule has 2 fully saturated rings. The van der Waals surface area contributed by atoms with Crippen molar-refractivity contribution >= 4 is 5.91 Å². The molecule has 0 aliphatic carbocycles. The van der Waals surface area contributed by atoms with Gasteiger partial charge in [-0.25, -0.2) is 0 Å². The zero-order valence-electron chi connectivity index (χ0n) is 48.0. The Hall–Kier alpha value is -4.65. The van der Waals surface area contributed by atoms with Crippen LogP contribution in [-0.2, 0) is 23.7 Å². The minimum atomic E-state index is -1.80. The lowest BCUT2D eigenvalue weighted by Gasteiger charge is -2.46. The number of unbranched alkanes of at least 4 members (excludes halogenated alkanes) is 4. The molecule has 448 valence electrons. The molecule has 12 atom stereocenters. The first-order valence-electron chi connectivity index (χ1n) is 29.4. The van der Waals surface area contributed by atoms with E-state index in [1.807, 2.05) is 6.08 Å². The molecule has 14 nitrogen and oxygen atoms in total. The Labute approximate surface area is 479 Å². The van der Waals surface area contributed by atoms with E-state index in [1.54, 1.807) is 6.08 Å². The second-order valence-electron chi connectivity index (χ2n) is 19.7. The van der Waals surface area contributed by atoms with Gasteiger partial charge < -0.3 is 65.1 Å². The highest BCUT2D eigenvalue weighted by Gasteiger charge is 2.51. The first-order chi connectivity index (χ1) is 39.1. The Morgan fingerprint density at radius 3 is 1.31 bits per heavy atom. The first kappa shape index (κ1) is 71.5. The third-order valence-electron chi connectivity index (χ3n) is 12.9. The van der Waals surface area contributed by atoms with Gasteiger partial charge >= 0.3 is 0 Å². The fourth-order valence-electron chi connectivity index (χ4n) is 8.17. The average Bonchev–Trinajstić information content (AvgIpc) is 3.48. The molecule has 1 amide bonds. The lowest BCUT2D eigenvalue weighted by molar-refractivity contribution is -0.359. The van der Waals surface area contributed by atoms with E-state index in [2.05, 4.69) is 177 Å². The van der Waals surface area contributed by atoms with Gasteiger partial charge in [0.2, 0.25) is 5.91 Å². The molecule has 2 aliphatic rings. The molecular formula is C66H101NO13. The summed E-state index contributed by atoms with van der Waals surface area (Å²) in [7, 11) is 0. The highest BCUT2D eigenvalue weighted by Crippen LogP contribution is 2.30. The third kappa shape index (κ3) is 33.9. The SMILES string of the molecule is CC/C=C\C/C=C\C/C=C\C/C=C\C/C=C\C/C=C\C/C=C\C/C=C\C/C=C\C/C=C\C/C=C\C/C=C\CCCCC(=O)NC(COC1OC(CO)C(OC2OC(CO)C(O)C(O)C2O)C(O)C1O)C(O)/C=C/CC/C=C/CCC. The number of hydrogen-bond donors (Lipinski definition) is 9. The average molecular weight is 1120 g/mol. The molecule has 0 aromatic rings. The van der Waals surface area contributed by atoms with Gasteiger partial charge in [0.15, 0.2) is 12.6 Å². The number of ether oxygens (including phenoxy) is 4. The van der Waals surface area contributed by atoms with E-state index in [9.17, 15) is 45.6 Å². The maximum Gasteiger partial charge on any atom is 0.220 e. The van der Waals surface area contributed by atoms with Gasteiger partial charge in [0.25, 0.3) is 0 Å². The molecule has 0 saturated carbocycles. The van der Waals surface area contributed by atoms with Crippen molar-refractivity contribution in [3.8, 4) is 0 Å². The molecule has 80 heavy (non-hydrogen) atoms. The van der Waals surface area contributed by atoms with Crippen LogP contribution < -0.4 is 5.32 Å². The van der Waals surface area contributed by atoms with Crippen molar-refractivity contribution in [1.82, 2.24) is 5.32 Å². The fourth-order valence-corrected chi connectivity index (χ4v) is 8.17. The van der Waals surface area contributed by atoms with E-state index in [0.717, 1.165) is 109 Å². The number of carbonyl (C=O) groups is 1. The predicted octanol–water partition coefficient (Wildman–Crippen LogP) is 10.1. The number of carbonyl (C=O) groups excluding carboxylic acids is 1. The number of nitrogens with one attached hydrogen (secondary N) is 1. The molecule has 2 saturated heterocycles.